The quantitative estimate of drug-likeness (QED) is 0.444. The first kappa shape index (κ1) is 14.6. The van der Waals surface area contributed by atoms with Gasteiger partial charge in [0.15, 0.2) is 0 Å². The zero-order valence-electron chi connectivity index (χ0n) is 11.1. The van der Waals surface area contributed by atoms with Crippen LogP contribution in [0.15, 0.2) is 29.2 Å². The van der Waals surface area contributed by atoms with Gasteiger partial charge in [-0.05, 0) is 37.3 Å². The van der Waals surface area contributed by atoms with Crippen LogP contribution in [0.25, 0.3) is 0 Å². The lowest BCUT2D eigenvalue weighted by Crippen LogP contribution is -2.37. The third kappa shape index (κ3) is 5.57. The lowest BCUT2D eigenvalue weighted by atomic mass is 10.0. The molecule has 1 aromatic rings. The van der Waals surface area contributed by atoms with E-state index in [9.17, 15) is 0 Å². The van der Waals surface area contributed by atoms with Crippen LogP contribution in [-0.2, 0) is 0 Å². The maximum atomic E-state index is 5.60. The highest BCUT2D eigenvalue weighted by Crippen LogP contribution is 2.23. The van der Waals surface area contributed by atoms with E-state index in [0.29, 0.717) is 6.04 Å². The van der Waals surface area contributed by atoms with Crippen LogP contribution in [-0.4, -0.2) is 11.8 Å². The van der Waals surface area contributed by atoms with E-state index in [4.69, 9.17) is 5.84 Å². The molecule has 0 radical (unpaired) electrons. The first-order valence-corrected chi connectivity index (χ1v) is 7.26. The van der Waals surface area contributed by atoms with Crippen molar-refractivity contribution in [3.8, 4) is 0 Å². The van der Waals surface area contributed by atoms with E-state index in [-0.39, 0.29) is 0 Å². The molecule has 0 saturated heterocycles. The van der Waals surface area contributed by atoms with Gasteiger partial charge in [0.05, 0.1) is 0 Å². The summed E-state index contributed by atoms with van der Waals surface area (Å²) in [4.78, 5) is 1.36. The largest absolute Gasteiger partial charge is 0.271 e. The summed E-state index contributed by atoms with van der Waals surface area (Å²) in [6, 6.07) is 8.91. The van der Waals surface area contributed by atoms with Crippen molar-refractivity contribution >= 4 is 11.8 Å². The minimum Gasteiger partial charge on any atom is -0.271 e. The Balaban J connectivity index is 2.40. The van der Waals surface area contributed by atoms with Crippen LogP contribution in [0.5, 0.6) is 0 Å². The monoisotopic (exact) mass is 252 g/mol. The molecule has 1 rings (SSSR count). The summed E-state index contributed by atoms with van der Waals surface area (Å²) in [6.45, 7) is 6.66. The second-order valence-corrected chi connectivity index (χ2v) is 5.97. The van der Waals surface area contributed by atoms with Gasteiger partial charge in [0.2, 0.25) is 0 Å². The summed E-state index contributed by atoms with van der Waals surface area (Å²) in [6.07, 6.45) is 2.37. The molecule has 0 bridgehead atoms. The normalized spacial score (nSPS) is 13.0. The van der Waals surface area contributed by atoms with Crippen molar-refractivity contribution < 1.29 is 0 Å². The second kappa shape index (κ2) is 7.75. The zero-order chi connectivity index (χ0) is 12.7. The zero-order valence-corrected chi connectivity index (χ0v) is 11.9. The second-order valence-electron chi connectivity index (χ2n) is 4.91. The van der Waals surface area contributed by atoms with Crippen molar-refractivity contribution in [1.29, 1.82) is 0 Å². The van der Waals surface area contributed by atoms with Gasteiger partial charge in [-0.15, -0.1) is 11.8 Å². The number of aryl methyl sites for hydroxylation is 1. The highest BCUT2D eigenvalue weighted by molar-refractivity contribution is 7.99. The number of hydrogen-bond acceptors (Lipinski definition) is 3. The van der Waals surface area contributed by atoms with Crippen LogP contribution in [0.3, 0.4) is 0 Å². The van der Waals surface area contributed by atoms with Crippen molar-refractivity contribution in [2.45, 2.75) is 44.6 Å². The minimum absolute atomic E-state index is 0.405. The highest BCUT2D eigenvalue weighted by Gasteiger charge is 2.09. The van der Waals surface area contributed by atoms with E-state index in [1.165, 1.54) is 16.9 Å². The summed E-state index contributed by atoms with van der Waals surface area (Å²) < 4.78 is 0. The lowest BCUT2D eigenvalue weighted by molar-refractivity contribution is 0.464. The van der Waals surface area contributed by atoms with Gasteiger partial charge in [-0.25, -0.2) is 0 Å². The smallest absolute Gasteiger partial charge is 0.0304 e. The van der Waals surface area contributed by atoms with Crippen molar-refractivity contribution in [3.63, 3.8) is 0 Å². The number of rotatable bonds is 7. The van der Waals surface area contributed by atoms with Gasteiger partial charge in [0, 0.05) is 16.7 Å². The van der Waals surface area contributed by atoms with E-state index < -0.39 is 0 Å². The lowest BCUT2D eigenvalue weighted by Gasteiger charge is -2.17. The fraction of sp³-hybridized carbons (Fsp3) is 0.571. The molecular weight excluding hydrogens is 228 g/mol. The van der Waals surface area contributed by atoms with Crippen LogP contribution in [0.2, 0.25) is 0 Å². The van der Waals surface area contributed by atoms with Crippen LogP contribution < -0.4 is 11.3 Å². The molecule has 96 valence electrons. The number of thioether (sulfide) groups is 1. The van der Waals surface area contributed by atoms with Gasteiger partial charge in [-0.1, -0.05) is 32.0 Å². The number of benzene rings is 1. The number of hydrogen-bond donors (Lipinski definition) is 2. The third-order valence-corrected chi connectivity index (χ3v) is 4.20. The molecular formula is C14H24N2S. The predicted molar refractivity (Wildman–Crippen MR) is 77.1 cm³/mol. The molecule has 0 fully saturated rings. The Morgan fingerprint density at radius 2 is 1.94 bits per heavy atom. The first-order valence-electron chi connectivity index (χ1n) is 6.28. The van der Waals surface area contributed by atoms with Crippen LogP contribution in [0.1, 0.15) is 32.3 Å². The number of nitrogens with one attached hydrogen (secondary N) is 1. The van der Waals surface area contributed by atoms with Crippen molar-refractivity contribution in [2.75, 3.05) is 5.75 Å². The molecule has 0 aliphatic heterocycles. The molecule has 0 aliphatic carbocycles. The molecule has 17 heavy (non-hydrogen) atoms. The molecule has 1 atom stereocenters. The van der Waals surface area contributed by atoms with Gasteiger partial charge < -0.3 is 0 Å². The van der Waals surface area contributed by atoms with Gasteiger partial charge >= 0.3 is 0 Å². The van der Waals surface area contributed by atoms with E-state index >= 15 is 0 Å². The van der Waals surface area contributed by atoms with Crippen LogP contribution >= 0.6 is 11.8 Å². The molecule has 0 spiro atoms. The molecule has 1 unspecified atom stereocenters. The van der Waals surface area contributed by atoms with Crippen molar-refractivity contribution in [3.05, 3.63) is 29.8 Å². The number of hydrazine groups is 1. The van der Waals surface area contributed by atoms with Crippen molar-refractivity contribution in [1.82, 2.24) is 5.43 Å². The van der Waals surface area contributed by atoms with Gasteiger partial charge in [0.1, 0.15) is 0 Å². The maximum Gasteiger partial charge on any atom is 0.0304 e. The van der Waals surface area contributed by atoms with Crippen LogP contribution in [0, 0.1) is 12.8 Å². The summed E-state index contributed by atoms with van der Waals surface area (Å²) in [5, 5.41) is 0. The first-order chi connectivity index (χ1) is 8.13. The van der Waals surface area contributed by atoms with Gasteiger partial charge in [0.25, 0.3) is 0 Å². The standard InChI is InChI=1S/C14H24N2S/c1-11(2)8-9-13(16-15)10-17-14-7-5-4-6-12(14)3/h4-7,11,13,16H,8-10,15H2,1-3H3. The van der Waals surface area contributed by atoms with Crippen molar-refractivity contribution in [2.24, 2.45) is 11.8 Å². The van der Waals surface area contributed by atoms with Crippen LogP contribution in [0.4, 0.5) is 0 Å². The maximum absolute atomic E-state index is 5.60. The Labute approximate surface area is 109 Å². The Morgan fingerprint density at radius 1 is 1.24 bits per heavy atom. The molecule has 3 N–H and O–H groups in total. The van der Waals surface area contributed by atoms with E-state index in [2.05, 4.69) is 50.5 Å². The SMILES string of the molecule is Cc1ccccc1SCC(CCC(C)C)NN. The molecule has 0 amide bonds. The average Bonchev–Trinajstić information content (AvgIpc) is 2.31. The van der Waals surface area contributed by atoms with E-state index in [1.54, 1.807) is 0 Å². The molecule has 3 heteroatoms. The highest BCUT2D eigenvalue weighted by atomic mass is 32.2. The third-order valence-electron chi connectivity index (χ3n) is 2.86. The minimum atomic E-state index is 0.405. The molecule has 1 aromatic carbocycles. The summed E-state index contributed by atoms with van der Waals surface area (Å²) in [5.41, 5.74) is 4.27. The Kier molecular flexibility index (Phi) is 6.63. The summed E-state index contributed by atoms with van der Waals surface area (Å²) in [7, 11) is 0. The average molecular weight is 252 g/mol. The van der Waals surface area contributed by atoms with E-state index in [0.717, 1.165) is 18.1 Å². The molecule has 2 nitrogen and oxygen atoms in total. The fourth-order valence-electron chi connectivity index (χ4n) is 1.66. The number of nitrogens with two attached hydrogens (primary N) is 1. The molecule has 0 saturated carbocycles. The summed E-state index contributed by atoms with van der Waals surface area (Å²) >= 11 is 1.89. The topological polar surface area (TPSA) is 38.0 Å². The van der Waals surface area contributed by atoms with E-state index in [1.807, 2.05) is 11.8 Å². The Hall–Kier alpha value is -0.510. The molecule has 0 heterocycles. The van der Waals surface area contributed by atoms with Gasteiger partial charge in [-0.3, -0.25) is 11.3 Å². The predicted octanol–water partition coefficient (Wildman–Crippen LogP) is 3.36. The molecule has 0 aromatic heterocycles. The van der Waals surface area contributed by atoms with Gasteiger partial charge in [-0.2, -0.15) is 0 Å². The Morgan fingerprint density at radius 3 is 2.53 bits per heavy atom. The Bertz CT molecular complexity index is 326. The fourth-order valence-corrected chi connectivity index (χ4v) is 2.77. The summed E-state index contributed by atoms with van der Waals surface area (Å²) in [5.74, 6) is 7.38. The molecule has 0 aliphatic rings.